The Bertz CT molecular complexity index is 648. The molecule has 4 heteroatoms. The van der Waals surface area contributed by atoms with E-state index >= 15 is 0 Å². The van der Waals surface area contributed by atoms with Gasteiger partial charge in [0.2, 0.25) is 0 Å². The summed E-state index contributed by atoms with van der Waals surface area (Å²) in [6, 6.07) is 9.53. The highest BCUT2D eigenvalue weighted by atomic mass is 35.5. The van der Waals surface area contributed by atoms with Gasteiger partial charge in [-0.05, 0) is 29.8 Å². The summed E-state index contributed by atoms with van der Waals surface area (Å²) in [5.74, 6) is 0. The molecule has 78 valence electrons. The van der Waals surface area contributed by atoms with Gasteiger partial charge in [-0.15, -0.1) is 0 Å². The molecule has 0 fully saturated rings. The standard InChI is InChI=1S/C12H7ClN2O/c13-12-9(2-1-5-14-12)8-3-4-11-10(6-8)15-7-16-11/h1-7H. The van der Waals surface area contributed by atoms with Gasteiger partial charge in [-0.3, -0.25) is 0 Å². The molecular formula is C12H7ClN2O. The molecule has 0 spiro atoms. The number of nitrogens with zero attached hydrogens (tertiary/aromatic N) is 2. The van der Waals surface area contributed by atoms with Crippen LogP contribution in [0, 0.1) is 0 Å². The molecule has 0 saturated carbocycles. The first kappa shape index (κ1) is 9.36. The van der Waals surface area contributed by atoms with E-state index in [0.717, 1.165) is 22.2 Å². The molecule has 16 heavy (non-hydrogen) atoms. The van der Waals surface area contributed by atoms with Crippen molar-refractivity contribution >= 4 is 22.7 Å². The van der Waals surface area contributed by atoms with Gasteiger partial charge in [0.25, 0.3) is 0 Å². The second kappa shape index (κ2) is 3.61. The lowest BCUT2D eigenvalue weighted by molar-refractivity contribution is 0.602. The number of pyridine rings is 1. The molecule has 0 bridgehead atoms. The van der Waals surface area contributed by atoms with E-state index in [2.05, 4.69) is 9.97 Å². The Morgan fingerprint density at radius 3 is 2.94 bits per heavy atom. The van der Waals surface area contributed by atoms with Crippen molar-refractivity contribution in [2.24, 2.45) is 0 Å². The number of fused-ring (bicyclic) bond motifs is 1. The van der Waals surface area contributed by atoms with Crippen LogP contribution in [0.15, 0.2) is 47.3 Å². The second-order valence-corrected chi connectivity index (χ2v) is 3.73. The summed E-state index contributed by atoms with van der Waals surface area (Å²) in [6.45, 7) is 0. The average molecular weight is 231 g/mol. The first-order valence-electron chi connectivity index (χ1n) is 4.79. The van der Waals surface area contributed by atoms with Crippen molar-refractivity contribution in [2.45, 2.75) is 0 Å². The van der Waals surface area contributed by atoms with Crippen LogP contribution in [0.1, 0.15) is 0 Å². The Morgan fingerprint density at radius 1 is 1.12 bits per heavy atom. The van der Waals surface area contributed by atoms with E-state index in [1.54, 1.807) is 6.20 Å². The van der Waals surface area contributed by atoms with Crippen molar-refractivity contribution in [3.63, 3.8) is 0 Å². The normalized spacial score (nSPS) is 10.8. The monoisotopic (exact) mass is 230 g/mol. The van der Waals surface area contributed by atoms with E-state index in [4.69, 9.17) is 16.0 Å². The number of aromatic nitrogens is 2. The quantitative estimate of drug-likeness (QED) is 0.600. The highest BCUT2D eigenvalue weighted by Gasteiger charge is 2.06. The third kappa shape index (κ3) is 1.46. The van der Waals surface area contributed by atoms with Crippen molar-refractivity contribution in [3.05, 3.63) is 48.1 Å². The summed E-state index contributed by atoms with van der Waals surface area (Å²) in [6.07, 6.45) is 3.10. The van der Waals surface area contributed by atoms with Crippen molar-refractivity contribution in [1.29, 1.82) is 0 Å². The lowest BCUT2D eigenvalue weighted by Crippen LogP contribution is -1.82. The first-order valence-corrected chi connectivity index (χ1v) is 5.16. The fourth-order valence-corrected chi connectivity index (χ4v) is 1.86. The summed E-state index contributed by atoms with van der Waals surface area (Å²) in [5, 5.41) is 0.491. The van der Waals surface area contributed by atoms with Crippen LogP contribution in [0.5, 0.6) is 0 Å². The lowest BCUT2D eigenvalue weighted by Gasteiger charge is -2.02. The fraction of sp³-hybridized carbons (Fsp3) is 0. The molecule has 0 N–H and O–H groups in total. The second-order valence-electron chi connectivity index (χ2n) is 3.38. The summed E-state index contributed by atoms with van der Waals surface area (Å²) in [4.78, 5) is 8.15. The molecule has 0 aliphatic rings. The summed E-state index contributed by atoms with van der Waals surface area (Å²) >= 11 is 6.03. The van der Waals surface area contributed by atoms with E-state index in [9.17, 15) is 0 Å². The van der Waals surface area contributed by atoms with Crippen LogP contribution in [-0.4, -0.2) is 9.97 Å². The molecule has 3 nitrogen and oxygen atoms in total. The maximum Gasteiger partial charge on any atom is 0.181 e. The van der Waals surface area contributed by atoms with Gasteiger partial charge in [-0.1, -0.05) is 17.7 Å². The van der Waals surface area contributed by atoms with Gasteiger partial charge >= 0.3 is 0 Å². The predicted molar refractivity (Wildman–Crippen MR) is 62.3 cm³/mol. The van der Waals surface area contributed by atoms with E-state index in [-0.39, 0.29) is 0 Å². The molecule has 2 aromatic heterocycles. The Kier molecular flexibility index (Phi) is 2.11. The Morgan fingerprint density at radius 2 is 2.06 bits per heavy atom. The van der Waals surface area contributed by atoms with Crippen LogP contribution in [0.4, 0.5) is 0 Å². The van der Waals surface area contributed by atoms with Crippen LogP contribution in [0.3, 0.4) is 0 Å². The number of halogens is 1. The summed E-state index contributed by atoms with van der Waals surface area (Å²) in [7, 11) is 0. The average Bonchev–Trinajstić information content (AvgIpc) is 2.76. The molecule has 0 aliphatic carbocycles. The van der Waals surface area contributed by atoms with Gasteiger partial charge in [-0.25, -0.2) is 9.97 Å². The molecule has 0 unspecified atom stereocenters. The topological polar surface area (TPSA) is 38.9 Å². The summed E-state index contributed by atoms with van der Waals surface area (Å²) in [5.41, 5.74) is 3.47. The minimum Gasteiger partial charge on any atom is -0.443 e. The number of hydrogen-bond donors (Lipinski definition) is 0. The van der Waals surface area contributed by atoms with E-state index < -0.39 is 0 Å². The zero-order chi connectivity index (χ0) is 11.0. The summed E-state index contributed by atoms with van der Waals surface area (Å²) < 4.78 is 5.18. The Balaban J connectivity index is 2.22. The molecule has 0 atom stereocenters. The van der Waals surface area contributed by atoms with Crippen molar-refractivity contribution in [2.75, 3.05) is 0 Å². The third-order valence-electron chi connectivity index (χ3n) is 2.40. The predicted octanol–water partition coefficient (Wildman–Crippen LogP) is 3.54. The minimum absolute atomic E-state index is 0.491. The van der Waals surface area contributed by atoms with E-state index in [0.29, 0.717) is 5.15 Å². The number of oxazole rings is 1. The Hall–Kier alpha value is -1.87. The van der Waals surface area contributed by atoms with Crippen LogP contribution in [0.25, 0.3) is 22.2 Å². The van der Waals surface area contributed by atoms with E-state index in [1.807, 2.05) is 30.3 Å². The molecular weight excluding hydrogens is 224 g/mol. The smallest absolute Gasteiger partial charge is 0.181 e. The van der Waals surface area contributed by atoms with Crippen LogP contribution in [-0.2, 0) is 0 Å². The highest BCUT2D eigenvalue weighted by molar-refractivity contribution is 6.32. The number of rotatable bonds is 1. The maximum atomic E-state index is 6.03. The molecule has 3 rings (SSSR count). The van der Waals surface area contributed by atoms with Crippen LogP contribution >= 0.6 is 11.6 Å². The largest absolute Gasteiger partial charge is 0.443 e. The first-order chi connectivity index (χ1) is 7.84. The van der Waals surface area contributed by atoms with Gasteiger partial charge in [0.1, 0.15) is 10.7 Å². The molecule has 2 heterocycles. The fourth-order valence-electron chi connectivity index (χ4n) is 1.63. The molecule has 3 aromatic rings. The van der Waals surface area contributed by atoms with Crippen molar-refractivity contribution in [3.8, 4) is 11.1 Å². The molecule has 0 amide bonds. The van der Waals surface area contributed by atoms with Crippen LogP contribution < -0.4 is 0 Å². The van der Waals surface area contributed by atoms with Crippen molar-refractivity contribution in [1.82, 2.24) is 9.97 Å². The third-order valence-corrected chi connectivity index (χ3v) is 2.70. The lowest BCUT2D eigenvalue weighted by atomic mass is 10.1. The SMILES string of the molecule is Clc1ncccc1-c1ccc2ocnc2c1. The minimum atomic E-state index is 0.491. The Labute approximate surface area is 96.7 Å². The zero-order valence-corrected chi connectivity index (χ0v) is 8.98. The number of hydrogen-bond acceptors (Lipinski definition) is 3. The molecule has 0 aliphatic heterocycles. The zero-order valence-electron chi connectivity index (χ0n) is 8.22. The van der Waals surface area contributed by atoms with Gasteiger partial charge in [0, 0.05) is 11.8 Å². The molecule has 1 aromatic carbocycles. The van der Waals surface area contributed by atoms with Gasteiger partial charge in [0.15, 0.2) is 12.0 Å². The van der Waals surface area contributed by atoms with Gasteiger partial charge in [-0.2, -0.15) is 0 Å². The van der Waals surface area contributed by atoms with Gasteiger partial charge < -0.3 is 4.42 Å². The van der Waals surface area contributed by atoms with E-state index in [1.165, 1.54) is 6.39 Å². The maximum absolute atomic E-state index is 6.03. The molecule has 0 radical (unpaired) electrons. The number of benzene rings is 1. The molecule has 0 saturated heterocycles. The van der Waals surface area contributed by atoms with Crippen LogP contribution in [0.2, 0.25) is 5.15 Å². The highest BCUT2D eigenvalue weighted by Crippen LogP contribution is 2.28. The van der Waals surface area contributed by atoms with Crippen molar-refractivity contribution < 1.29 is 4.42 Å². The van der Waals surface area contributed by atoms with Gasteiger partial charge in [0.05, 0.1) is 0 Å².